The average Bonchev–Trinajstić information content (AvgIpc) is 2.25. The molecule has 1 aliphatic heterocycles. The Kier molecular flexibility index (Phi) is 5.85. The number of nitrogens with zero attached hydrogens (tertiary/aromatic N) is 1. The van der Waals surface area contributed by atoms with Crippen molar-refractivity contribution in [1.82, 2.24) is 10.2 Å². The molecule has 0 bridgehead atoms. The lowest BCUT2D eigenvalue weighted by Crippen LogP contribution is -2.51. The number of rotatable bonds is 6. The Balaban J connectivity index is 2.18. The molecule has 3 heteroatoms. The summed E-state index contributed by atoms with van der Waals surface area (Å²) in [5.41, 5.74) is 0. The van der Waals surface area contributed by atoms with Crippen molar-refractivity contribution in [2.24, 2.45) is 5.92 Å². The predicted molar refractivity (Wildman–Crippen MR) is 68.4 cm³/mol. The van der Waals surface area contributed by atoms with Gasteiger partial charge in [0.25, 0.3) is 0 Å². The molecular formula is C13H26N2O. The van der Waals surface area contributed by atoms with Crippen molar-refractivity contribution in [2.45, 2.75) is 38.8 Å². The van der Waals surface area contributed by atoms with E-state index in [9.17, 15) is 0 Å². The molecule has 0 radical (unpaired) electrons. The lowest BCUT2D eigenvalue weighted by molar-refractivity contribution is 0.120. The van der Waals surface area contributed by atoms with E-state index >= 15 is 0 Å². The first-order valence-corrected chi connectivity index (χ1v) is 6.31. The van der Waals surface area contributed by atoms with Crippen LogP contribution in [0, 0.1) is 5.92 Å². The number of likely N-dealkylation sites (tertiary alicyclic amines) is 1. The first-order valence-electron chi connectivity index (χ1n) is 6.31. The SMILES string of the molecule is C=COCCCNC1CC(C)N(C)CC1C. The molecule has 0 aromatic rings. The molecule has 1 saturated heterocycles. The number of piperidine rings is 1. The van der Waals surface area contributed by atoms with Crippen LogP contribution in [0.1, 0.15) is 26.7 Å². The number of ether oxygens (including phenoxy) is 1. The van der Waals surface area contributed by atoms with Gasteiger partial charge >= 0.3 is 0 Å². The van der Waals surface area contributed by atoms with Gasteiger partial charge in [0.15, 0.2) is 0 Å². The van der Waals surface area contributed by atoms with Crippen molar-refractivity contribution < 1.29 is 4.74 Å². The Hall–Kier alpha value is -0.540. The molecule has 3 atom stereocenters. The maximum Gasteiger partial charge on any atom is 0.0885 e. The van der Waals surface area contributed by atoms with Gasteiger partial charge in [0.05, 0.1) is 12.9 Å². The molecule has 3 unspecified atom stereocenters. The van der Waals surface area contributed by atoms with Gasteiger partial charge in [0.1, 0.15) is 0 Å². The van der Waals surface area contributed by atoms with Crippen LogP contribution >= 0.6 is 0 Å². The van der Waals surface area contributed by atoms with Crippen molar-refractivity contribution in [3.63, 3.8) is 0 Å². The van der Waals surface area contributed by atoms with Crippen LogP contribution in [0.3, 0.4) is 0 Å². The van der Waals surface area contributed by atoms with Gasteiger partial charge in [-0.15, -0.1) is 0 Å². The van der Waals surface area contributed by atoms with Crippen LogP contribution in [0.4, 0.5) is 0 Å². The quantitative estimate of drug-likeness (QED) is 0.552. The summed E-state index contributed by atoms with van der Waals surface area (Å²) in [7, 11) is 2.22. The van der Waals surface area contributed by atoms with Crippen LogP contribution in [0.5, 0.6) is 0 Å². The maximum absolute atomic E-state index is 5.10. The standard InChI is InChI=1S/C13H26N2O/c1-5-16-8-6-7-14-13-9-12(3)15(4)10-11(13)2/h5,11-14H,1,6-10H2,2-4H3. The first kappa shape index (κ1) is 13.5. The van der Waals surface area contributed by atoms with Crippen LogP contribution in [0.15, 0.2) is 12.8 Å². The Morgan fingerprint density at radius 3 is 2.94 bits per heavy atom. The van der Waals surface area contributed by atoms with Crippen molar-refractivity contribution >= 4 is 0 Å². The van der Waals surface area contributed by atoms with Crippen LogP contribution in [0.2, 0.25) is 0 Å². The average molecular weight is 226 g/mol. The summed E-state index contributed by atoms with van der Waals surface area (Å²) in [5.74, 6) is 0.738. The second-order valence-electron chi connectivity index (χ2n) is 4.95. The fourth-order valence-corrected chi connectivity index (χ4v) is 2.35. The summed E-state index contributed by atoms with van der Waals surface area (Å²) in [6.45, 7) is 11.2. The van der Waals surface area contributed by atoms with Gasteiger partial charge in [-0.2, -0.15) is 0 Å². The first-order chi connectivity index (χ1) is 7.65. The van der Waals surface area contributed by atoms with E-state index < -0.39 is 0 Å². The Morgan fingerprint density at radius 2 is 2.25 bits per heavy atom. The van der Waals surface area contributed by atoms with Gasteiger partial charge in [-0.3, -0.25) is 0 Å². The van der Waals surface area contributed by atoms with Crippen LogP contribution in [-0.2, 0) is 4.74 Å². The Labute approximate surface area is 99.8 Å². The fourth-order valence-electron chi connectivity index (χ4n) is 2.35. The second kappa shape index (κ2) is 6.92. The van der Waals surface area contributed by atoms with Crippen molar-refractivity contribution in [1.29, 1.82) is 0 Å². The lowest BCUT2D eigenvalue weighted by Gasteiger charge is -2.40. The van der Waals surface area contributed by atoms with Crippen LogP contribution < -0.4 is 5.32 Å². The molecule has 0 aromatic carbocycles. The largest absolute Gasteiger partial charge is 0.502 e. The highest BCUT2D eigenvalue weighted by molar-refractivity contribution is 4.85. The Bertz CT molecular complexity index is 208. The summed E-state index contributed by atoms with van der Waals surface area (Å²) >= 11 is 0. The third kappa shape index (κ3) is 4.14. The molecule has 16 heavy (non-hydrogen) atoms. The zero-order valence-corrected chi connectivity index (χ0v) is 10.9. The van der Waals surface area contributed by atoms with Crippen LogP contribution in [-0.4, -0.2) is 43.7 Å². The molecule has 1 N–H and O–H groups in total. The highest BCUT2D eigenvalue weighted by Crippen LogP contribution is 2.20. The Morgan fingerprint density at radius 1 is 1.50 bits per heavy atom. The van der Waals surface area contributed by atoms with Gasteiger partial charge in [-0.1, -0.05) is 13.5 Å². The molecule has 1 aliphatic rings. The zero-order chi connectivity index (χ0) is 12.0. The third-order valence-corrected chi connectivity index (χ3v) is 3.57. The van der Waals surface area contributed by atoms with E-state index in [2.05, 4.69) is 37.7 Å². The highest BCUT2D eigenvalue weighted by atomic mass is 16.5. The summed E-state index contributed by atoms with van der Waals surface area (Å²) in [6, 6.07) is 1.35. The molecule has 0 aromatic heterocycles. The summed E-state index contributed by atoms with van der Waals surface area (Å²) in [6.07, 6.45) is 3.82. The molecule has 1 fully saturated rings. The molecule has 0 saturated carbocycles. The number of hydrogen-bond acceptors (Lipinski definition) is 3. The number of hydrogen-bond donors (Lipinski definition) is 1. The molecule has 3 nitrogen and oxygen atoms in total. The minimum absolute atomic E-state index is 0.662. The topological polar surface area (TPSA) is 24.5 Å². The molecule has 0 aliphatic carbocycles. The summed E-state index contributed by atoms with van der Waals surface area (Å²) in [5, 5.41) is 3.64. The minimum Gasteiger partial charge on any atom is -0.502 e. The van der Waals surface area contributed by atoms with Crippen LogP contribution in [0.25, 0.3) is 0 Å². The normalized spacial score (nSPS) is 31.3. The maximum atomic E-state index is 5.10. The van der Waals surface area contributed by atoms with Gasteiger partial charge in [0, 0.05) is 18.6 Å². The van der Waals surface area contributed by atoms with E-state index in [0.717, 1.165) is 25.5 Å². The summed E-state index contributed by atoms with van der Waals surface area (Å²) < 4.78 is 5.10. The molecule has 94 valence electrons. The van der Waals surface area contributed by atoms with Crippen molar-refractivity contribution in [3.8, 4) is 0 Å². The second-order valence-corrected chi connectivity index (χ2v) is 4.95. The van der Waals surface area contributed by atoms with Crippen molar-refractivity contribution in [3.05, 3.63) is 12.8 Å². The predicted octanol–water partition coefficient (Wildman–Crippen LogP) is 1.85. The van der Waals surface area contributed by atoms with E-state index in [1.165, 1.54) is 19.2 Å². The minimum atomic E-state index is 0.662. The molecule has 0 spiro atoms. The van der Waals surface area contributed by atoms with Gasteiger partial charge in [-0.05, 0) is 39.3 Å². The van der Waals surface area contributed by atoms with Gasteiger partial charge in [-0.25, -0.2) is 0 Å². The summed E-state index contributed by atoms with van der Waals surface area (Å²) in [4.78, 5) is 2.45. The smallest absolute Gasteiger partial charge is 0.0885 e. The highest BCUT2D eigenvalue weighted by Gasteiger charge is 2.27. The van der Waals surface area contributed by atoms with Gasteiger partial charge in [0.2, 0.25) is 0 Å². The monoisotopic (exact) mass is 226 g/mol. The van der Waals surface area contributed by atoms with E-state index in [-0.39, 0.29) is 0 Å². The van der Waals surface area contributed by atoms with Gasteiger partial charge < -0.3 is 15.0 Å². The van der Waals surface area contributed by atoms with E-state index in [0.29, 0.717) is 12.1 Å². The fraction of sp³-hybridized carbons (Fsp3) is 0.846. The van der Waals surface area contributed by atoms with E-state index in [1.807, 2.05) is 0 Å². The zero-order valence-electron chi connectivity index (χ0n) is 10.9. The lowest BCUT2D eigenvalue weighted by atomic mass is 9.90. The van der Waals surface area contributed by atoms with Crippen molar-refractivity contribution in [2.75, 3.05) is 26.7 Å². The molecule has 1 heterocycles. The molecule has 0 amide bonds. The van der Waals surface area contributed by atoms with E-state index in [4.69, 9.17) is 4.74 Å². The van der Waals surface area contributed by atoms with E-state index in [1.54, 1.807) is 0 Å². The third-order valence-electron chi connectivity index (χ3n) is 3.57. The molecule has 1 rings (SSSR count). The number of nitrogens with one attached hydrogen (secondary N) is 1. The molecular weight excluding hydrogens is 200 g/mol.